The van der Waals surface area contributed by atoms with Gasteiger partial charge in [0, 0.05) is 19.1 Å². The van der Waals surface area contributed by atoms with E-state index < -0.39 is 37.4 Å². The minimum absolute atomic E-state index is 0.116. The van der Waals surface area contributed by atoms with Crippen molar-refractivity contribution >= 4 is 23.6 Å². The Morgan fingerprint density at radius 2 is 1.55 bits per heavy atom. The molecule has 1 fully saturated rings. The molecule has 0 amide bonds. The third kappa shape index (κ3) is 6.65. The molecule has 0 aliphatic carbocycles. The van der Waals surface area contributed by atoms with Crippen LogP contribution in [0, 0.1) is 0 Å². The normalized spacial score (nSPS) is 26.4. The van der Waals surface area contributed by atoms with E-state index in [1.54, 1.807) is 6.66 Å². The molecule has 1 aliphatic heterocycles. The van der Waals surface area contributed by atoms with Crippen molar-refractivity contribution in [3.8, 4) is 0 Å². The Morgan fingerprint density at radius 3 is 1.91 bits per heavy atom. The van der Waals surface area contributed by atoms with E-state index in [-0.39, 0.29) is 12.1 Å². The van der Waals surface area contributed by atoms with Crippen LogP contribution in [0.1, 0.15) is 113 Å². The van der Waals surface area contributed by atoms with Gasteiger partial charge in [0.2, 0.25) is 15.7 Å². The standard InChI is InChI=1S/C24H51BO6P2/c1-10-21(7,18-19-16-17-20(25)29-19)31-33(9,28)23(12-3,13-4)22(8,11-2)30-32(27)24(26,14-5)15-6/h19-20,26-27H,10-18,25H2,1-9H3/t19?,20-,21?,22?,32?,33?/m1/s1. The van der Waals surface area contributed by atoms with Gasteiger partial charge in [-0.2, -0.15) is 0 Å². The summed E-state index contributed by atoms with van der Waals surface area (Å²) in [4.78, 5) is 11.0. The molecule has 0 saturated carbocycles. The van der Waals surface area contributed by atoms with Crippen molar-refractivity contribution in [2.24, 2.45) is 0 Å². The number of hydrogen-bond acceptors (Lipinski definition) is 6. The molecule has 6 atom stereocenters. The highest BCUT2D eigenvalue weighted by atomic mass is 31.2. The van der Waals surface area contributed by atoms with Crippen LogP contribution >= 0.6 is 15.7 Å². The molecule has 5 unspecified atom stereocenters. The molecule has 1 aliphatic rings. The first kappa shape index (κ1) is 31.6. The molecule has 0 aromatic heterocycles. The molecular formula is C24H51BO6P2. The fourth-order valence-corrected chi connectivity index (χ4v) is 10.4. The molecule has 6 nitrogen and oxygen atoms in total. The fourth-order valence-electron chi connectivity index (χ4n) is 5.55. The Balaban J connectivity index is 3.34. The average molecular weight is 508 g/mol. The molecule has 196 valence electrons. The summed E-state index contributed by atoms with van der Waals surface area (Å²) in [6.07, 6.45) is 6.09. The summed E-state index contributed by atoms with van der Waals surface area (Å²) in [6, 6.07) is 0.256. The van der Waals surface area contributed by atoms with E-state index in [1.165, 1.54) is 0 Å². The van der Waals surface area contributed by atoms with Crippen molar-refractivity contribution in [1.82, 2.24) is 0 Å². The topological polar surface area (TPSA) is 85.2 Å². The van der Waals surface area contributed by atoms with Gasteiger partial charge < -0.3 is 23.8 Å². The number of hydrogen-bond donors (Lipinski definition) is 2. The van der Waals surface area contributed by atoms with Crippen molar-refractivity contribution < 1.29 is 28.3 Å². The SMILES string of the molecule is B[C@H]1CCC(CC(C)(CC)OP(C)(=O)C(CC)(CC)C(C)(CC)OP(O)C(O)(CC)CC)O1. The summed E-state index contributed by atoms with van der Waals surface area (Å²) in [5.41, 5.74) is -1.51. The van der Waals surface area contributed by atoms with Gasteiger partial charge >= 0.3 is 0 Å². The van der Waals surface area contributed by atoms with Gasteiger partial charge in [-0.15, -0.1) is 0 Å². The molecule has 0 bridgehead atoms. The molecule has 1 heterocycles. The second kappa shape index (κ2) is 12.2. The van der Waals surface area contributed by atoms with Crippen molar-refractivity contribution in [2.75, 3.05) is 6.66 Å². The van der Waals surface area contributed by atoms with Gasteiger partial charge in [0.15, 0.2) is 0 Å². The Hall–Kier alpha value is 0.525. The molecule has 1 saturated heterocycles. The first-order valence-electron chi connectivity index (χ1n) is 13.0. The van der Waals surface area contributed by atoms with Gasteiger partial charge in [-0.3, -0.25) is 4.57 Å². The molecule has 1 rings (SSSR count). The van der Waals surface area contributed by atoms with Crippen molar-refractivity contribution in [2.45, 2.75) is 147 Å². The molecule has 9 heteroatoms. The van der Waals surface area contributed by atoms with Crippen molar-refractivity contribution in [1.29, 1.82) is 0 Å². The minimum Gasteiger partial charge on any atom is -0.384 e. The highest BCUT2D eigenvalue weighted by Gasteiger charge is 2.59. The van der Waals surface area contributed by atoms with E-state index in [0.717, 1.165) is 19.3 Å². The van der Waals surface area contributed by atoms with E-state index in [0.29, 0.717) is 38.5 Å². The maximum Gasteiger partial charge on any atom is 0.209 e. The largest absolute Gasteiger partial charge is 0.384 e. The van der Waals surface area contributed by atoms with Crippen LogP contribution in [-0.4, -0.2) is 58.3 Å². The summed E-state index contributed by atoms with van der Waals surface area (Å²) < 4.78 is 33.7. The summed E-state index contributed by atoms with van der Waals surface area (Å²) in [5.74, 6) is 0. The van der Waals surface area contributed by atoms with E-state index in [9.17, 15) is 14.6 Å². The predicted octanol–water partition coefficient (Wildman–Crippen LogP) is 6.16. The van der Waals surface area contributed by atoms with Crippen LogP contribution in [0.15, 0.2) is 0 Å². The molecular weight excluding hydrogens is 457 g/mol. The summed E-state index contributed by atoms with van der Waals surface area (Å²) in [7, 11) is -3.31. The van der Waals surface area contributed by atoms with Crippen LogP contribution in [0.3, 0.4) is 0 Å². The Labute approximate surface area is 205 Å². The Kier molecular flexibility index (Phi) is 11.6. The zero-order valence-corrected chi connectivity index (χ0v) is 24.7. The third-order valence-corrected chi connectivity index (χ3v) is 13.9. The lowest BCUT2D eigenvalue weighted by atomic mass is 9.82. The third-order valence-electron chi connectivity index (χ3n) is 8.50. The smallest absolute Gasteiger partial charge is 0.209 e. The van der Waals surface area contributed by atoms with Crippen LogP contribution in [0.4, 0.5) is 0 Å². The zero-order valence-electron chi connectivity index (χ0n) is 22.9. The first-order valence-corrected chi connectivity index (χ1v) is 16.3. The summed E-state index contributed by atoms with van der Waals surface area (Å²) >= 11 is 0. The molecule has 2 N–H and O–H groups in total. The monoisotopic (exact) mass is 508 g/mol. The highest BCUT2D eigenvalue weighted by molar-refractivity contribution is 7.60. The van der Waals surface area contributed by atoms with Crippen LogP contribution < -0.4 is 0 Å². The van der Waals surface area contributed by atoms with E-state index >= 15 is 0 Å². The zero-order chi connectivity index (χ0) is 25.7. The molecule has 0 aromatic carbocycles. The predicted molar refractivity (Wildman–Crippen MR) is 142 cm³/mol. The molecule has 0 spiro atoms. The maximum absolute atomic E-state index is 14.6. The van der Waals surface area contributed by atoms with Crippen LogP contribution in [0.25, 0.3) is 0 Å². The summed E-state index contributed by atoms with van der Waals surface area (Å²) in [5, 5.41) is 8.82. The lowest BCUT2D eigenvalue weighted by Crippen LogP contribution is -2.53. The minimum atomic E-state index is -3.27. The molecule has 0 aromatic rings. The second-order valence-corrected chi connectivity index (χ2v) is 14.8. The molecule has 33 heavy (non-hydrogen) atoms. The fraction of sp³-hybridized carbons (Fsp3) is 1.00. The Morgan fingerprint density at radius 1 is 1.00 bits per heavy atom. The average Bonchev–Trinajstić information content (AvgIpc) is 3.17. The Bertz CT molecular complexity index is 657. The summed E-state index contributed by atoms with van der Waals surface area (Å²) in [6.45, 7) is 17.5. The second-order valence-electron chi connectivity index (χ2n) is 10.5. The van der Waals surface area contributed by atoms with Gasteiger partial charge in [-0.05, 0) is 65.2 Å². The molecule has 0 radical (unpaired) electrons. The first-order chi connectivity index (χ1) is 15.2. The van der Waals surface area contributed by atoms with Crippen LogP contribution in [0.5, 0.6) is 0 Å². The van der Waals surface area contributed by atoms with E-state index in [2.05, 4.69) is 14.8 Å². The number of ether oxygens (including phenoxy) is 1. The highest BCUT2D eigenvalue weighted by Crippen LogP contribution is 2.69. The lowest BCUT2D eigenvalue weighted by Gasteiger charge is -2.53. The van der Waals surface area contributed by atoms with E-state index in [1.807, 2.05) is 48.5 Å². The maximum atomic E-state index is 14.6. The van der Waals surface area contributed by atoms with Crippen molar-refractivity contribution in [3.63, 3.8) is 0 Å². The van der Waals surface area contributed by atoms with E-state index in [4.69, 9.17) is 13.8 Å². The van der Waals surface area contributed by atoms with Gasteiger partial charge in [0.25, 0.3) is 0 Å². The van der Waals surface area contributed by atoms with Crippen LogP contribution in [0.2, 0.25) is 0 Å². The van der Waals surface area contributed by atoms with Crippen molar-refractivity contribution in [3.05, 3.63) is 0 Å². The quantitative estimate of drug-likeness (QED) is 0.204. The number of aliphatic hydroxyl groups is 1. The van der Waals surface area contributed by atoms with Gasteiger partial charge in [0.1, 0.15) is 13.2 Å². The number of rotatable bonds is 15. The lowest BCUT2D eigenvalue weighted by molar-refractivity contribution is -0.0190. The van der Waals surface area contributed by atoms with Crippen LogP contribution in [-0.2, 0) is 18.3 Å². The van der Waals surface area contributed by atoms with Gasteiger partial charge in [-0.25, -0.2) is 0 Å². The van der Waals surface area contributed by atoms with Gasteiger partial charge in [-0.1, -0.05) is 41.5 Å². The van der Waals surface area contributed by atoms with Gasteiger partial charge in [0.05, 0.1) is 22.5 Å².